The molecular formula is C8H15NO2. The first-order chi connectivity index (χ1) is 5.40. The zero-order chi connectivity index (χ0) is 7.68. The average Bonchev–Trinajstić information content (AvgIpc) is 2.32. The molecule has 0 N–H and O–H groups in total. The highest BCUT2D eigenvalue weighted by atomic mass is 16.5. The molecule has 2 fully saturated rings. The molecule has 2 rings (SSSR count). The molecule has 0 bridgehead atoms. The Labute approximate surface area is 67.3 Å². The van der Waals surface area contributed by atoms with Gasteiger partial charge >= 0.3 is 0 Å². The number of nitrogens with zero attached hydrogens (tertiary/aromatic N) is 1. The zero-order valence-corrected chi connectivity index (χ0v) is 6.95. The highest BCUT2D eigenvalue weighted by Gasteiger charge is 2.31. The predicted molar refractivity (Wildman–Crippen MR) is 41.6 cm³/mol. The van der Waals surface area contributed by atoms with Crippen LogP contribution in [0.4, 0.5) is 0 Å². The van der Waals surface area contributed by atoms with E-state index in [1.807, 2.05) is 0 Å². The fourth-order valence-corrected chi connectivity index (χ4v) is 1.71. The molecule has 1 atom stereocenters. The van der Waals surface area contributed by atoms with Crippen molar-refractivity contribution in [3.8, 4) is 0 Å². The van der Waals surface area contributed by atoms with Gasteiger partial charge in [0.15, 0.2) is 0 Å². The molecule has 64 valence electrons. The van der Waals surface area contributed by atoms with Crippen LogP contribution in [0.15, 0.2) is 0 Å². The van der Waals surface area contributed by atoms with Gasteiger partial charge < -0.3 is 9.47 Å². The van der Waals surface area contributed by atoms with Crippen molar-refractivity contribution < 1.29 is 9.47 Å². The smallest absolute Gasteiger partial charge is 0.0710 e. The lowest BCUT2D eigenvalue weighted by atomic mass is 10.2. The Bertz CT molecular complexity index is 136. The summed E-state index contributed by atoms with van der Waals surface area (Å²) in [7, 11) is 1.80. The van der Waals surface area contributed by atoms with Crippen molar-refractivity contribution >= 4 is 0 Å². The van der Waals surface area contributed by atoms with E-state index >= 15 is 0 Å². The second kappa shape index (κ2) is 3.09. The fraction of sp³-hybridized carbons (Fsp3) is 1.00. The van der Waals surface area contributed by atoms with Gasteiger partial charge in [-0.05, 0) is 6.42 Å². The Morgan fingerprint density at radius 3 is 2.73 bits per heavy atom. The molecule has 0 unspecified atom stereocenters. The third-order valence-electron chi connectivity index (χ3n) is 2.65. The molecule has 11 heavy (non-hydrogen) atoms. The summed E-state index contributed by atoms with van der Waals surface area (Å²) in [5.41, 5.74) is 0. The Hall–Kier alpha value is -0.120. The van der Waals surface area contributed by atoms with Gasteiger partial charge in [-0.3, -0.25) is 4.90 Å². The minimum absolute atomic E-state index is 0.468. The van der Waals surface area contributed by atoms with Crippen LogP contribution < -0.4 is 0 Å². The van der Waals surface area contributed by atoms with Gasteiger partial charge in [0.05, 0.1) is 25.4 Å². The molecule has 0 aromatic heterocycles. The second-order valence-electron chi connectivity index (χ2n) is 3.33. The van der Waals surface area contributed by atoms with E-state index in [0.29, 0.717) is 12.1 Å². The third kappa shape index (κ3) is 1.41. The Kier molecular flexibility index (Phi) is 2.11. The molecule has 0 spiro atoms. The van der Waals surface area contributed by atoms with Gasteiger partial charge in [-0.15, -0.1) is 0 Å². The first-order valence-corrected chi connectivity index (χ1v) is 4.24. The third-order valence-corrected chi connectivity index (χ3v) is 2.65. The van der Waals surface area contributed by atoms with E-state index in [0.717, 1.165) is 19.8 Å². The summed E-state index contributed by atoms with van der Waals surface area (Å²) in [4.78, 5) is 2.47. The maximum atomic E-state index is 5.28. The van der Waals surface area contributed by atoms with Crippen molar-refractivity contribution in [2.75, 3.05) is 33.4 Å². The maximum absolute atomic E-state index is 5.28. The van der Waals surface area contributed by atoms with Crippen LogP contribution in [0.2, 0.25) is 0 Å². The monoisotopic (exact) mass is 157 g/mol. The summed E-state index contributed by atoms with van der Waals surface area (Å²) < 4.78 is 10.4. The lowest BCUT2D eigenvalue weighted by Gasteiger charge is -2.34. The van der Waals surface area contributed by atoms with Crippen molar-refractivity contribution in [3.63, 3.8) is 0 Å². The predicted octanol–water partition coefficient (Wildman–Crippen LogP) is 0.106. The molecule has 0 saturated carbocycles. The number of hydrogen-bond acceptors (Lipinski definition) is 3. The van der Waals surface area contributed by atoms with E-state index in [-0.39, 0.29) is 0 Å². The minimum atomic E-state index is 0.468. The molecule has 0 aromatic carbocycles. The van der Waals surface area contributed by atoms with Crippen molar-refractivity contribution in [1.29, 1.82) is 0 Å². The standard InChI is InChI=1S/C8H15NO2/c1-10-8-2-3-9(4-8)7-5-11-6-7/h7-8H,2-6H2,1H3/t8-/m1/s1. The highest BCUT2D eigenvalue weighted by molar-refractivity contribution is 4.84. The van der Waals surface area contributed by atoms with Crippen LogP contribution in [0.5, 0.6) is 0 Å². The first-order valence-electron chi connectivity index (χ1n) is 4.24. The van der Waals surface area contributed by atoms with Crippen LogP contribution in [-0.2, 0) is 9.47 Å². The van der Waals surface area contributed by atoms with Crippen LogP contribution >= 0.6 is 0 Å². The van der Waals surface area contributed by atoms with E-state index in [4.69, 9.17) is 9.47 Å². The summed E-state index contributed by atoms with van der Waals surface area (Å²) in [6, 6.07) is 0.690. The van der Waals surface area contributed by atoms with Crippen molar-refractivity contribution in [3.05, 3.63) is 0 Å². The van der Waals surface area contributed by atoms with E-state index in [1.165, 1.54) is 13.0 Å². The summed E-state index contributed by atoms with van der Waals surface area (Å²) in [5, 5.41) is 0. The number of likely N-dealkylation sites (tertiary alicyclic amines) is 1. The van der Waals surface area contributed by atoms with Gasteiger partial charge in [0, 0.05) is 20.2 Å². The molecule has 0 radical (unpaired) electrons. The summed E-state index contributed by atoms with van der Waals surface area (Å²) in [6.07, 6.45) is 1.66. The largest absolute Gasteiger partial charge is 0.380 e. The van der Waals surface area contributed by atoms with Gasteiger partial charge in [-0.25, -0.2) is 0 Å². The molecule has 2 heterocycles. The van der Waals surface area contributed by atoms with Crippen LogP contribution in [-0.4, -0.2) is 50.5 Å². The summed E-state index contributed by atoms with van der Waals surface area (Å²) in [6.45, 7) is 4.14. The van der Waals surface area contributed by atoms with E-state index in [2.05, 4.69) is 4.90 Å². The first kappa shape index (κ1) is 7.53. The Morgan fingerprint density at radius 2 is 2.27 bits per heavy atom. The van der Waals surface area contributed by atoms with Crippen molar-refractivity contribution in [2.24, 2.45) is 0 Å². The number of rotatable bonds is 2. The Morgan fingerprint density at radius 1 is 1.45 bits per heavy atom. The van der Waals surface area contributed by atoms with Crippen LogP contribution in [0.3, 0.4) is 0 Å². The van der Waals surface area contributed by atoms with Gasteiger partial charge in [-0.1, -0.05) is 0 Å². The SMILES string of the molecule is CO[C@@H]1CCN(C2COC2)C1. The quantitative estimate of drug-likeness (QED) is 0.567. The summed E-state index contributed by atoms with van der Waals surface area (Å²) >= 11 is 0. The molecule has 2 aliphatic heterocycles. The molecule has 0 aliphatic carbocycles. The number of ether oxygens (including phenoxy) is 2. The number of methoxy groups -OCH3 is 1. The molecule has 3 heteroatoms. The van der Waals surface area contributed by atoms with Gasteiger partial charge in [0.2, 0.25) is 0 Å². The normalized spacial score (nSPS) is 34.1. The average molecular weight is 157 g/mol. The van der Waals surface area contributed by atoms with Crippen LogP contribution in [0.25, 0.3) is 0 Å². The topological polar surface area (TPSA) is 21.7 Å². The molecular weight excluding hydrogens is 142 g/mol. The van der Waals surface area contributed by atoms with E-state index in [9.17, 15) is 0 Å². The van der Waals surface area contributed by atoms with Crippen molar-refractivity contribution in [1.82, 2.24) is 4.90 Å². The summed E-state index contributed by atoms with van der Waals surface area (Å²) in [5.74, 6) is 0. The second-order valence-corrected chi connectivity index (χ2v) is 3.33. The molecule has 0 amide bonds. The van der Waals surface area contributed by atoms with Gasteiger partial charge in [-0.2, -0.15) is 0 Å². The lowest BCUT2D eigenvalue weighted by Crippen LogP contribution is -2.48. The molecule has 0 aromatic rings. The van der Waals surface area contributed by atoms with Crippen LogP contribution in [0.1, 0.15) is 6.42 Å². The molecule has 3 nitrogen and oxygen atoms in total. The zero-order valence-electron chi connectivity index (χ0n) is 6.95. The number of hydrogen-bond donors (Lipinski definition) is 0. The van der Waals surface area contributed by atoms with E-state index < -0.39 is 0 Å². The minimum Gasteiger partial charge on any atom is -0.380 e. The lowest BCUT2D eigenvalue weighted by molar-refractivity contribution is -0.0608. The molecule has 2 saturated heterocycles. The Balaban J connectivity index is 1.79. The fourth-order valence-electron chi connectivity index (χ4n) is 1.71. The maximum Gasteiger partial charge on any atom is 0.0710 e. The van der Waals surface area contributed by atoms with Gasteiger partial charge in [0.1, 0.15) is 0 Å². The highest BCUT2D eigenvalue weighted by Crippen LogP contribution is 2.18. The van der Waals surface area contributed by atoms with E-state index in [1.54, 1.807) is 7.11 Å². The van der Waals surface area contributed by atoms with Gasteiger partial charge in [0.25, 0.3) is 0 Å². The van der Waals surface area contributed by atoms with Crippen LogP contribution in [0, 0.1) is 0 Å². The van der Waals surface area contributed by atoms with Crippen molar-refractivity contribution in [2.45, 2.75) is 18.6 Å². The molecule has 2 aliphatic rings.